The van der Waals surface area contributed by atoms with Gasteiger partial charge in [-0.2, -0.15) is 0 Å². The van der Waals surface area contributed by atoms with Crippen LogP contribution in [0.3, 0.4) is 0 Å². The highest BCUT2D eigenvalue weighted by molar-refractivity contribution is 6.33. The first-order chi connectivity index (χ1) is 14.0. The summed E-state index contributed by atoms with van der Waals surface area (Å²) in [6.07, 6.45) is 7.91. The zero-order chi connectivity index (χ0) is 20.0. The maximum atomic E-state index is 6.55. The third-order valence-electron chi connectivity index (χ3n) is 6.56. The van der Waals surface area contributed by atoms with Crippen molar-refractivity contribution in [1.29, 1.82) is 0 Å². The van der Waals surface area contributed by atoms with Crippen molar-refractivity contribution in [3.8, 4) is 11.4 Å². The fraction of sp³-hybridized carbons (Fsp3) is 0.478. The summed E-state index contributed by atoms with van der Waals surface area (Å²) in [5, 5.41) is 0.630. The Morgan fingerprint density at radius 3 is 2.72 bits per heavy atom. The van der Waals surface area contributed by atoms with E-state index in [-0.39, 0.29) is 5.60 Å². The number of fused-ring (bicyclic) bond motifs is 1. The van der Waals surface area contributed by atoms with Gasteiger partial charge in [-0.25, -0.2) is 9.97 Å². The number of ether oxygens (including phenoxy) is 1. The highest BCUT2D eigenvalue weighted by atomic mass is 35.5. The standard InChI is InChI=1S/C23H27ClN4O/c1-16-6-5-9-23(29-16)10-12-28(13-11-23)21-14-17(18(24)15-25-21)22-26-19-7-3-4-8-20(19)27(22)2/h3-4,7-8,14-16H,5-6,9-13H2,1-2H3. The molecule has 2 fully saturated rings. The molecule has 2 aliphatic heterocycles. The first kappa shape index (κ1) is 18.9. The van der Waals surface area contributed by atoms with Gasteiger partial charge >= 0.3 is 0 Å². The molecule has 0 radical (unpaired) electrons. The van der Waals surface area contributed by atoms with Gasteiger partial charge in [-0.1, -0.05) is 23.7 Å². The van der Waals surface area contributed by atoms with Crippen molar-refractivity contribution in [1.82, 2.24) is 14.5 Å². The Hall–Kier alpha value is -2.11. The number of rotatable bonds is 2. The van der Waals surface area contributed by atoms with Crippen molar-refractivity contribution in [2.45, 2.75) is 50.7 Å². The predicted molar refractivity (Wildman–Crippen MR) is 118 cm³/mol. The van der Waals surface area contributed by atoms with Crippen LogP contribution in [0.25, 0.3) is 22.4 Å². The van der Waals surface area contributed by atoms with Gasteiger partial charge in [-0.15, -0.1) is 0 Å². The van der Waals surface area contributed by atoms with E-state index in [1.165, 1.54) is 19.3 Å². The van der Waals surface area contributed by atoms with Crippen LogP contribution in [0.4, 0.5) is 5.82 Å². The Labute approximate surface area is 176 Å². The Morgan fingerprint density at radius 1 is 1.17 bits per heavy atom. The average Bonchev–Trinajstić information content (AvgIpc) is 3.06. The molecule has 29 heavy (non-hydrogen) atoms. The van der Waals surface area contributed by atoms with E-state index in [0.717, 1.165) is 54.2 Å². The van der Waals surface area contributed by atoms with E-state index in [9.17, 15) is 0 Å². The topological polar surface area (TPSA) is 43.2 Å². The van der Waals surface area contributed by atoms with Crippen molar-refractivity contribution >= 4 is 28.5 Å². The maximum Gasteiger partial charge on any atom is 0.142 e. The molecule has 5 rings (SSSR count). The van der Waals surface area contributed by atoms with Gasteiger partial charge in [-0.3, -0.25) is 0 Å². The molecule has 0 bridgehead atoms. The molecule has 0 N–H and O–H groups in total. The third kappa shape index (κ3) is 3.40. The monoisotopic (exact) mass is 410 g/mol. The number of pyridine rings is 1. The fourth-order valence-electron chi connectivity index (χ4n) is 4.93. The average molecular weight is 411 g/mol. The first-order valence-corrected chi connectivity index (χ1v) is 10.9. The molecule has 1 aromatic carbocycles. The van der Waals surface area contributed by atoms with Crippen LogP contribution >= 0.6 is 11.6 Å². The third-order valence-corrected chi connectivity index (χ3v) is 6.86. The number of anilines is 1. The molecular formula is C23H27ClN4O. The molecule has 2 aliphatic rings. The molecule has 4 heterocycles. The summed E-state index contributed by atoms with van der Waals surface area (Å²) in [6.45, 7) is 4.13. The molecule has 0 aliphatic carbocycles. The van der Waals surface area contributed by atoms with Crippen LogP contribution < -0.4 is 4.90 Å². The number of piperidine rings is 1. The molecule has 6 heteroatoms. The Balaban J connectivity index is 1.42. The molecule has 2 saturated heterocycles. The van der Waals surface area contributed by atoms with Crippen LogP contribution in [-0.2, 0) is 11.8 Å². The van der Waals surface area contributed by atoms with Crippen LogP contribution in [0.1, 0.15) is 39.0 Å². The molecule has 5 nitrogen and oxygen atoms in total. The van der Waals surface area contributed by atoms with E-state index in [2.05, 4.69) is 33.5 Å². The molecule has 0 saturated carbocycles. The second kappa shape index (κ2) is 7.29. The molecular weight excluding hydrogens is 384 g/mol. The lowest BCUT2D eigenvalue weighted by Crippen LogP contribution is -2.49. The van der Waals surface area contributed by atoms with Crippen LogP contribution in [-0.4, -0.2) is 39.3 Å². The van der Waals surface area contributed by atoms with Crippen LogP contribution in [0.15, 0.2) is 36.5 Å². The van der Waals surface area contributed by atoms with Crippen LogP contribution in [0.2, 0.25) is 5.02 Å². The SMILES string of the molecule is CC1CCCC2(CCN(c3cc(-c4nc5ccccc5n4C)c(Cl)cn3)CC2)O1. The molecule has 1 atom stereocenters. The molecule has 0 amide bonds. The molecule has 3 aromatic rings. The van der Waals surface area contributed by atoms with Crippen LogP contribution in [0.5, 0.6) is 0 Å². The van der Waals surface area contributed by atoms with Gasteiger partial charge in [0.15, 0.2) is 0 Å². The van der Waals surface area contributed by atoms with Gasteiger partial charge in [0.1, 0.15) is 11.6 Å². The number of aromatic nitrogens is 3. The normalized spacial score (nSPS) is 21.8. The summed E-state index contributed by atoms with van der Waals surface area (Å²) in [4.78, 5) is 11.8. The number of hydrogen-bond donors (Lipinski definition) is 0. The highest BCUT2D eigenvalue weighted by Crippen LogP contribution is 2.39. The number of benzene rings is 1. The largest absolute Gasteiger partial charge is 0.372 e. The summed E-state index contributed by atoms with van der Waals surface area (Å²) in [5.41, 5.74) is 3.07. The first-order valence-electron chi connectivity index (χ1n) is 10.5. The van der Waals surface area contributed by atoms with Gasteiger partial charge in [0.25, 0.3) is 0 Å². The Morgan fingerprint density at radius 2 is 1.97 bits per heavy atom. The van der Waals surface area contributed by atoms with E-state index in [1.54, 1.807) is 6.20 Å². The second-order valence-corrected chi connectivity index (χ2v) is 8.90. The predicted octanol–water partition coefficient (Wildman–Crippen LogP) is 5.22. The van der Waals surface area contributed by atoms with E-state index < -0.39 is 0 Å². The number of aryl methyl sites for hydroxylation is 1. The lowest BCUT2D eigenvalue weighted by molar-refractivity contribution is -0.132. The lowest BCUT2D eigenvalue weighted by atomic mass is 9.83. The number of hydrogen-bond acceptors (Lipinski definition) is 4. The number of nitrogens with zero attached hydrogens (tertiary/aromatic N) is 4. The van der Waals surface area contributed by atoms with Crippen molar-refractivity contribution < 1.29 is 4.74 Å². The highest BCUT2D eigenvalue weighted by Gasteiger charge is 2.39. The molecule has 1 spiro atoms. The van der Waals surface area contributed by atoms with Crippen molar-refractivity contribution in [3.05, 3.63) is 41.6 Å². The zero-order valence-electron chi connectivity index (χ0n) is 17.1. The van der Waals surface area contributed by atoms with Crippen molar-refractivity contribution in [2.75, 3.05) is 18.0 Å². The van der Waals surface area contributed by atoms with Gasteiger partial charge in [0.2, 0.25) is 0 Å². The fourth-order valence-corrected chi connectivity index (χ4v) is 5.11. The van der Waals surface area contributed by atoms with Crippen molar-refractivity contribution in [3.63, 3.8) is 0 Å². The summed E-state index contributed by atoms with van der Waals surface area (Å²) >= 11 is 6.55. The van der Waals surface area contributed by atoms with Gasteiger partial charge in [-0.05, 0) is 57.2 Å². The lowest BCUT2D eigenvalue weighted by Gasteiger charge is -2.46. The quantitative estimate of drug-likeness (QED) is 0.581. The number of imidazole rings is 1. The number of para-hydroxylation sites is 2. The molecule has 1 unspecified atom stereocenters. The molecule has 152 valence electrons. The summed E-state index contributed by atoms with van der Waals surface area (Å²) in [7, 11) is 2.04. The number of halogens is 1. The minimum absolute atomic E-state index is 0.0703. The van der Waals surface area contributed by atoms with Crippen molar-refractivity contribution in [2.24, 2.45) is 7.05 Å². The van der Waals surface area contributed by atoms with Gasteiger partial charge in [0.05, 0.1) is 27.8 Å². The smallest absolute Gasteiger partial charge is 0.142 e. The zero-order valence-corrected chi connectivity index (χ0v) is 17.8. The van der Waals surface area contributed by atoms with Crippen LogP contribution in [0, 0.1) is 0 Å². The van der Waals surface area contributed by atoms with Gasteiger partial charge in [0, 0.05) is 31.9 Å². The minimum Gasteiger partial charge on any atom is -0.372 e. The second-order valence-electron chi connectivity index (χ2n) is 8.50. The van der Waals surface area contributed by atoms with E-state index in [4.69, 9.17) is 21.3 Å². The maximum absolute atomic E-state index is 6.55. The Kier molecular flexibility index (Phi) is 4.75. The van der Waals surface area contributed by atoms with E-state index in [0.29, 0.717) is 11.1 Å². The Bertz CT molecular complexity index is 1040. The van der Waals surface area contributed by atoms with E-state index >= 15 is 0 Å². The van der Waals surface area contributed by atoms with E-state index in [1.807, 2.05) is 25.2 Å². The summed E-state index contributed by atoms with van der Waals surface area (Å²) < 4.78 is 8.48. The minimum atomic E-state index is 0.0703. The van der Waals surface area contributed by atoms with Gasteiger partial charge < -0.3 is 14.2 Å². The summed E-state index contributed by atoms with van der Waals surface area (Å²) in [6, 6.07) is 10.2. The molecule has 2 aromatic heterocycles. The summed E-state index contributed by atoms with van der Waals surface area (Å²) in [5.74, 6) is 1.84.